The second kappa shape index (κ2) is 5.15. The van der Waals surface area contributed by atoms with Crippen LogP contribution >= 0.6 is 11.8 Å². The van der Waals surface area contributed by atoms with Crippen LogP contribution in [0.4, 0.5) is 5.95 Å². The molecular formula is C12H11N5OS. The minimum atomic E-state index is 0.305. The lowest BCUT2D eigenvalue weighted by molar-refractivity contribution is 0.530. The third-order valence-corrected chi connectivity index (χ3v) is 3.25. The molecule has 19 heavy (non-hydrogen) atoms. The van der Waals surface area contributed by atoms with E-state index >= 15 is 0 Å². The first-order valence-corrected chi connectivity index (χ1v) is 6.60. The van der Waals surface area contributed by atoms with Gasteiger partial charge in [0, 0.05) is 5.56 Å². The summed E-state index contributed by atoms with van der Waals surface area (Å²) in [7, 11) is 0. The second-order valence-corrected chi connectivity index (χ2v) is 4.72. The first kappa shape index (κ1) is 11.8. The topological polar surface area (TPSA) is 93.6 Å². The highest BCUT2D eigenvalue weighted by atomic mass is 32.2. The molecule has 3 N–H and O–H groups in total. The molecule has 96 valence electrons. The molecule has 0 amide bonds. The Hall–Kier alpha value is -2.28. The Morgan fingerprint density at radius 3 is 2.84 bits per heavy atom. The van der Waals surface area contributed by atoms with Crippen LogP contribution in [0.15, 0.2) is 46.1 Å². The van der Waals surface area contributed by atoms with E-state index in [9.17, 15) is 0 Å². The number of aromatic amines is 1. The summed E-state index contributed by atoms with van der Waals surface area (Å²) >= 11 is 1.41. The highest BCUT2D eigenvalue weighted by Crippen LogP contribution is 2.24. The second-order valence-electron chi connectivity index (χ2n) is 3.78. The largest absolute Gasteiger partial charge is 0.440 e. The number of nitrogens with two attached hydrogens (primary N) is 1. The van der Waals surface area contributed by atoms with Crippen LogP contribution in [-0.4, -0.2) is 20.2 Å². The van der Waals surface area contributed by atoms with Crippen molar-refractivity contribution < 1.29 is 4.42 Å². The minimum Gasteiger partial charge on any atom is -0.440 e. The minimum absolute atomic E-state index is 0.305. The van der Waals surface area contributed by atoms with Gasteiger partial charge >= 0.3 is 0 Å². The highest BCUT2D eigenvalue weighted by molar-refractivity contribution is 7.98. The molecule has 7 heteroatoms. The average molecular weight is 273 g/mol. The monoisotopic (exact) mass is 273 g/mol. The van der Waals surface area contributed by atoms with E-state index in [1.165, 1.54) is 11.8 Å². The van der Waals surface area contributed by atoms with Crippen LogP contribution in [-0.2, 0) is 5.75 Å². The molecule has 0 spiro atoms. The Morgan fingerprint density at radius 2 is 2.11 bits per heavy atom. The van der Waals surface area contributed by atoms with Crippen LogP contribution in [0, 0.1) is 0 Å². The molecule has 1 aromatic carbocycles. The molecule has 0 radical (unpaired) electrons. The first-order valence-electron chi connectivity index (χ1n) is 5.62. The number of benzene rings is 1. The fourth-order valence-electron chi connectivity index (χ4n) is 1.56. The lowest BCUT2D eigenvalue weighted by Crippen LogP contribution is -1.85. The van der Waals surface area contributed by atoms with Crippen molar-refractivity contribution >= 4 is 17.7 Å². The summed E-state index contributed by atoms with van der Waals surface area (Å²) in [5.41, 5.74) is 6.45. The maximum Gasteiger partial charge on any atom is 0.216 e. The third-order valence-electron chi connectivity index (χ3n) is 2.42. The lowest BCUT2D eigenvalue weighted by Gasteiger charge is -1.94. The van der Waals surface area contributed by atoms with Crippen LogP contribution in [0.5, 0.6) is 0 Å². The van der Waals surface area contributed by atoms with Gasteiger partial charge in [-0.05, 0) is 0 Å². The molecule has 3 rings (SSSR count). The molecule has 0 aliphatic rings. The Bertz CT molecular complexity index is 664. The molecule has 2 aromatic heterocycles. The van der Waals surface area contributed by atoms with Crippen molar-refractivity contribution in [2.24, 2.45) is 0 Å². The average Bonchev–Trinajstić information content (AvgIpc) is 3.06. The molecule has 0 atom stereocenters. The van der Waals surface area contributed by atoms with E-state index in [-0.39, 0.29) is 0 Å². The van der Waals surface area contributed by atoms with Crippen LogP contribution in [0.3, 0.4) is 0 Å². The predicted molar refractivity (Wildman–Crippen MR) is 72.3 cm³/mol. The molecule has 0 unspecified atom stereocenters. The zero-order valence-corrected chi connectivity index (χ0v) is 10.7. The van der Waals surface area contributed by atoms with Gasteiger partial charge in [-0.15, -0.1) is 5.10 Å². The van der Waals surface area contributed by atoms with Gasteiger partial charge in [-0.1, -0.05) is 42.1 Å². The summed E-state index contributed by atoms with van der Waals surface area (Å²) in [4.78, 5) is 8.23. The number of aromatic nitrogens is 4. The van der Waals surface area contributed by atoms with Crippen LogP contribution < -0.4 is 5.73 Å². The summed E-state index contributed by atoms with van der Waals surface area (Å²) in [6, 6.07) is 9.84. The number of nitrogen functional groups attached to an aromatic ring is 1. The number of nitrogens with zero attached hydrogens (tertiary/aromatic N) is 3. The summed E-state index contributed by atoms with van der Waals surface area (Å²) < 4.78 is 5.67. The van der Waals surface area contributed by atoms with Gasteiger partial charge in [-0.2, -0.15) is 4.98 Å². The van der Waals surface area contributed by atoms with Gasteiger partial charge in [-0.25, -0.2) is 10.1 Å². The molecule has 0 aliphatic heterocycles. The fourth-order valence-corrected chi connectivity index (χ4v) is 2.22. The summed E-state index contributed by atoms with van der Waals surface area (Å²) in [6.45, 7) is 0. The molecule has 0 saturated heterocycles. The standard InChI is InChI=1S/C12H11N5OS/c13-11-15-12(17-16-11)19-7-10-14-6-9(18-10)8-4-2-1-3-5-8/h1-6H,7H2,(H3,13,15,16,17). The van der Waals surface area contributed by atoms with Gasteiger partial charge in [0.15, 0.2) is 5.76 Å². The quantitative estimate of drug-likeness (QED) is 0.708. The van der Waals surface area contributed by atoms with Crippen molar-refractivity contribution in [3.05, 3.63) is 42.4 Å². The van der Waals surface area contributed by atoms with E-state index in [1.54, 1.807) is 6.20 Å². The molecule has 6 nitrogen and oxygen atoms in total. The predicted octanol–water partition coefficient (Wildman–Crippen LogP) is 2.33. The number of hydrogen-bond donors (Lipinski definition) is 2. The zero-order chi connectivity index (χ0) is 13.1. The van der Waals surface area contributed by atoms with Crippen molar-refractivity contribution in [2.75, 3.05) is 5.73 Å². The molecule has 0 fully saturated rings. The molecule has 2 heterocycles. The van der Waals surface area contributed by atoms with Gasteiger partial charge in [0.05, 0.1) is 11.9 Å². The van der Waals surface area contributed by atoms with Crippen LogP contribution in [0.25, 0.3) is 11.3 Å². The number of thioether (sulfide) groups is 1. The van der Waals surface area contributed by atoms with E-state index in [4.69, 9.17) is 10.2 Å². The Balaban J connectivity index is 1.68. The van der Waals surface area contributed by atoms with E-state index < -0.39 is 0 Å². The Labute approximate surface area is 113 Å². The number of rotatable bonds is 4. The SMILES string of the molecule is Nc1nc(SCc2ncc(-c3ccccc3)o2)n[nH]1. The van der Waals surface area contributed by atoms with Crippen molar-refractivity contribution in [3.63, 3.8) is 0 Å². The van der Waals surface area contributed by atoms with E-state index in [0.29, 0.717) is 22.7 Å². The number of nitrogens with one attached hydrogen (secondary N) is 1. The van der Waals surface area contributed by atoms with Gasteiger partial charge < -0.3 is 10.2 Å². The zero-order valence-electron chi connectivity index (χ0n) is 9.91. The van der Waals surface area contributed by atoms with Crippen molar-refractivity contribution in [1.82, 2.24) is 20.2 Å². The maximum absolute atomic E-state index is 5.67. The van der Waals surface area contributed by atoms with Gasteiger partial charge in [0.1, 0.15) is 0 Å². The fraction of sp³-hybridized carbons (Fsp3) is 0.0833. The van der Waals surface area contributed by atoms with Gasteiger partial charge in [0.2, 0.25) is 17.0 Å². The first-order chi connectivity index (χ1) is 9.31. The summed E-state index contributed by atoms with van der Waals surface area (Å²) in [5.74, 6) is 2.25. The Morgan fingerprint density at radius 1 is 1.26 bits per heavy atom. The maximum atomic E-state index is 5.67. The summed E-state index contributed by atoms with van der Waals surface area (Å²) in [5, 5.41) is 7.09. The summed E-state index contributed by atoms with van der Waals surface area (Å²) in [6.07, 6.45) is 1.72. The van der Waals surface area contributed by atoms with Crippen molar-refractivity contribution in [2.45, 2.75) is 10.9 Å². The van der Waals surface area contributed by atoms with Crippen LogP contribution in [0.2, 0.25) is 0 Å². The Kier molecular flexibility index (Phi) is 3.20. The highest BCUT2D eigenvalue weighted by Gasteiger charge is 2.08. The smallest absolute Gasteiger partial charge is 0.216 e. The molecule has 0 aliphatic carbocycles. The normalized spacial score (nSPS) is 10.7. The van der Waals surface area contributed by atoms with Crippen LogP contribution in [0.1, 0.15) is 5.89 Å². The molecule has 0 saturated carbocycles. The van der Waals surface area contributed by atoms with Gasteiger partial charge in [0.25, 0.3) is 0 Å². The van der Waals surface area contributed by atoms with E-state index in [2.05, 4.69) is 20.2 Å². The van der Waals surface area contributed by atoms with Gasteiger partial charge in [-0.3, -0.25) is 0 Å². The number of hydrogen-bond acceptors (Lipinski definition) is 6. The van der Waals surface area contributed by atoms with E-state index in [1.807, 2.05) is 30.3 Å². The van der Waals surface area contributed by atoms with E-state index in [0.717, 1.165) is 11.3 Å². The molecule has 0 bridgehead atoms. The molecular weight excluding hydrogens is 262 g/mol. The van der Waals surface area contributed by atoms with Crippen molar-refractivity contribution in [3.8, 4) is 11.3 Å². The van der Waals surface area contributed by atoms with Crippen molar-refractivity contribution in [1.29, 1.82) is 0 Å². The number of anilines is 1. The lowest BCUT2D eigenvalue weighted by atomic mass is 10.2. The number of oxazole rings is 1. The number of H-pyrrole nitrogens is 1. The molecule has 3 aromatic rings. The third kappa shape index (κ3) is 2.76.